The van der Waals surface area contributed by atoms with Gasteiger partial charge < -0.3 is 0 Å². The van der Waals surface area contributed by atoms with Crippen LogP contribution in [0.3, 0.4) is 0 Å². The second-order valence-electron chi connectivity index (χ2n) is 8.49. The first kappa shape index (κ1) is 20.1. The van der Waals surface area contributed by atoms with E-state index in [1.165, 1.54) is 33.4 Å². The molecule has 0 radical (unpaired) electrons. The Morgan fingerprint density at radius 3 is 1.33 bits per heavy atom. The Morgan fingerprint density at radius 2 is 1.04 bits per heavy atom. The van der Waals surface area contributed by atoms with E-state index in [9.17, 15) is 0 Å². The SMILES string of the molecule is CC(C)(C)c1ccc2c(c1)-c1cc(C(C)(C)C)ccc1C2.[Cl][Ti][Cl]. The molecule has 1 aliphatic rings. The van der Waals surface area contributed by atoms with Crippen molar-refractivity contribution < 1.29 is 17.0 Å². The third-order valence-corrected chi connectivity index (χ3v) is 4.62. The summed E-state index contributed by atoms with van der Waals surface area (Å²) in [6, 6.07) is 14.1. The van der Waals surface area contributed by atoms with Gasteiger partial charge in [-0.3, -0.25) is 0 Å². The van der Waals surface area contributed by atoms with Crippen molar-refractivity contribution in [3.63, 3.8) is 0 Å². The number of hydrogen-bond acceptors (Lipinski definition) is 0. The predicted molar refractivity (Wildman–Crippen MR) is 104 cm³/mol. The third-order valence-electron chi connectivity index (χ3n) is 4.62. The van der Waals surface area contributed by atoms with E-state index in [0.717, 1.165) is 6.42 Å². The molecule has 0 aliphatic heterocycles. The van der Waals surface area contributed by atoms with Gasteiger partial charge in [-0.1, -0.05) is 77.9 Å². The van der Waals surface area contributed by atoms with E-state index in [4.69, 9.17) is 18.6 Å². The molecular formula is C21H26Cl2Ti. The van der Waals surface area contributed by atoms with Crippen molar-refractivity contribution in [3.8, 4) is 11.1 Å². The molecule has 0 unspecified atom stereocenters. The predicted octanol–water partition coefficient (Wildman–Crippen LogP) is 7.23. The fourth-order valence-electron chi connectivity index (χ4n) is 3.10. The van der Waals surface area contributed by atoms with Crippen LogP contribution in [0.1, 0.15) is 63.8 Å². The molecular weight excluding hydrogens is 371 g/mol. The van der Waals surface area contributed by atoms with Gasteiger partial charge in [0.05, 0.1) is 0 Å². The van der Waals surface area contributed by atoms with Crippen LogP contribution in [0.5, 0.6) is 0 Å². The molecule has 128 valence electrons. The Bertz CT molecular complexity index is 660. The molecule has 0 fully saturated rings. The van der Waals surface area contributed by atoms with Gasteiger partial charge in [-0.2, -0.15) is 0 Å². The van der Waals surface area contributed by atoms with Crippen LogP contribution in [0, 0.1) is 0 Å². The van der Waals surface area contributed by atoms with Crippen LogP contribution < -0.4 is 0 Å². The summed E-state index contributed by atoms with van der Waals surface area (Å²) in [6.07, 6.45) is 1.08. The summed E-state index contributed by atoms with van der Waals surface area (Å²) in [4.78, 5) is 0. The van der Waals surface area contributed by atoms with Gasteiger partial charge in [0.25, 0.3) is 0 Å². The van der Waals surface area contributed by atoms with Crippen molar-refractivity contribution in [2.24, 2.45) is 0 Å². The van der Waals surface area contributed by atoms with Gasteiger partial charge in [0.2, 0.25) is 0 Å². The summed E-state index contributed by atoms with van der Waals surface area (Å²) >= 11 is -0.556. The molecule has 0 amide bonds. The maximum absolute atomic E-state index is 4.89. The van der Waals surface area contributed by atoms with Crippen LogP contribution in [-0.2, 0) is 34.3 Å². The molecule has 0 N–H and O–H groups in total. The molecule has 0 atom stereocenters. The summed E-state index contributed by atoms with van der Waals surface area (Å²) in [5.74, 6) is 0. The monoisotopic (exact) mass is 396 g/mol. The molecule has 0 saturated heterocycles. The molecule has 2 aromatic rings. The van der Waals surface area contributed by atoms with Gasteiger partial charge in [-0.15, -0.1) is 0 Å². The fraction of sp³-hybridized carbons (Fsp3) is 0.429. The first-order valence-corrected chi connectivity index (χ1v) is 12.6. The summed E-state index contributed by atoms with van der Waals surface area (Å²) < 4.78 is 0. The Labute approximate surface area is 163 Å². The van der Waals surface area contributed by atoms with Gasteiger partial charge in [-0.05, 0) is 50.6 Å². The van der Waals surface area contributed by atoms with Gasteiger partial charge in [0.15, 0.2) is 0 Å². The Morgan fingerprint density at radius 1 is 0.708 bits per heavy atom. The van der Waals surface area contributed by atoms with Crippen molar-refractivity contribution in [1.29, 1.82) is 0 Å². The van der Waals surface area contributed by atoms with E-state index < -0.39 is 17.0 Å². The zero-order valence-electron chi connectivity index (χ0n) is 15.4. The molecule has 0 heterocycles. The molecule has 24 heavy (non-hydrogen) atoms. The van der Waals surface area contributed by atoms with Crippen LogP contribution >= 0.6 is 18.6 Å². The minimum atomic E-state index is -0.556. The Balaban J connectivity index is 0.000000647. The first-order chi connectivity index (χ1) is 11.1. The number of halogens is 2. The van der Waals surface area contributed by atoms with Gasteiger partial charge in [-0.25, -0.2) is 0 Å². The molecule has 0 aromatic heterocycles. The van der Waals surface area contributed by atoms with E-state index in [-0.39, 0.29) is 10.8 Å². The Kier molecular flexibility index (Phi) is 6.30. The average Bonchev–Trinajstić information content (AvgIpc) is 2.83. The molecule has 0 spiro atoms. The third kappa shape index (κ3) is 4.47. The van der Waals surface area contributed by atoms with Crippen LogP contribution in [-0.4, -0.2) is 0 Å². The standard InChI is InChI=1S/C21H26.2ClH.Ti/c1-20(2,3)16-9-7-14-11-15-8-10-17(21(4,5)6)13-19(15)18(14)12-16;;;/h7-10,12-13H,11H2,1-6H3;2*1H;/q;;;+2/p-2. The van der Waals surface area contributed by atoms with Crippen molar-refractivity contribution in [1.82, 2.24) is 0 Å². The van der Waals surface area contributed by atoms with E-state index in [1.54, 1.807) is 0 Å². The van der Waals surface area contributed by atoms with E-state index in [1.807, 2.05) is 0 Å². The van der Waals surface area contributed by atoms with Crippen molar-refractivity contribution in [3.05, 3.63) is 58.7 Å². The van der Waals surface area contributed by atoms with Crippen molar-refractivity contribution in [2.75, 3.05) is 0 Å². The van der Waals surface area contributed by atoms with Crippen LogP contribution in [0.15, 0.2) is 36.4 Å². The number of fused-ring (bicyclic) bond motifs is 3. The second kappa shape index (κ2) is 7.54. The summed E-state index contributed by atoms with van der Waals surface area (Å²) in [6.45, 7) is 13.7. The quantitative estimate of drug-likeness (QED) is 0.351. The number of benzene rings is 2. The minimum absolute atomic E-state index is 0.208. The average molecular weight is 397 g/mol. The molecule has 0 bridgehead atoms. The van der Waals surface area contributed by atoms with Crippen LogP contribution in [0.2, 0.25) is 0 Å². The van der Waals surface area contributed by atoms with E-state index >= 15 is 0 Å². The zero-order chi connectivity index (χ0) is 18.1. The maximum atomic E-state index is 4.89. The summed E-state index contributed by atoms with van der Waals surface area (Å²) in [5, 5.41) is 0. The van der Waals surface area contributed by atoms with Gasteiger partial charge >= 0.3 is 35.6 Å². The molecule has 1 aliphatic carbocycles. The van der Waals surface area contributed by atoms with Crippen molar-refractivity contribution >= 4 is 18.6 Å². The zero-order valence-corrected chi connectivity index (χ0v) is 18.5. The molecule has 3 rings (SSSR count). The fourth-order valence-corrected chi connectivity index (χ4v) is 3.10. The molecule has 3 heteroatoms. The molecule has 0 saturated carbocycles. The van der Waals surface area contributed by atoms with Crippen LogP contribution in [0.4, 0.5) is 0 Å². The first-order valence-electron chi connectivity index (χ1n) is 8.31. The number of hydrogen-bond donors (Lipinski definition) is 0. The summed E-state index contributed by atoms with van der Waals surface area (Å²) in [5.41, 5.74) is 9.12. The van der Waals surface area contributed by atoms with Crippen LogP contribution in [0.25, 0.3) is 11.1 Å². The Hall–Kier alpha value is -0.266. The second-order valence-corrected chi connectivity index (χ2v) is 11.1. The van der Waals surface area contributed by atoms with Crippen molar-refractivity contribution in [2.45, 2.75) is 58.8 Å². The normalized spacial score (nSPS) is 12.8. The van der Waals surface area contributed by atoms with Gasteiger partial charge in [0, 0.05) is 0 Å². The van der Waals surface area contributed by atoms with Gasteiger partial charge in [0.1, 0.15) is 0 Å². The number of rotatable bonds is 0. The molecule has 2 aromatic carbocycles. The van der Waals surface area contributed by atoms with E-state index in [0.29, 0.717) is 0 Å². The topological polar surface area (TPSA) is 0 Å². The molecule has 0 nitrogen and oxygen atoms in total. The van der Waals surface area contributed by atoms with E-state index in [2.05, 4.69) is 77.9 Å². The summed E-state index contributed by atoms with van der Waals surface area (Å²) in [7, 11) is 9.78.